The lowest BCUT2D eigenvalue weighted by Gasteiger charge is -2.06. The summed E-state index contributed by atoms with van der Waals surface area (Å²) < 4.78 is 0. The van der Waals surface area contributed by atoms with Gasteiger partial charge in [-0.3, -0.25) is 10.4 Å². The average Bonchev–Trinajstić information content (AvgIpc) is 2.91. The summed E-state index contributed by atoms with van der Waals surface area (Å²) in [5, 5.41) is 12.7. The van der Waals surface area contributed by atoms with Crippen molar-refractivity contribution in [3.8, 4) is 0 Å². The first-order valence-corrected chi connectivity index (χ1v) is 5.74. The van der Waals surface area contributed by atoms with Crippen LogP contribution in [0, 0.1) is 0 Å². The first-order valence-electron chi connectivity index (χ1n) is 5.74. The van der Waals surface area contributed by atoms with E-state index in [1.165, 1.54) is 6.20 Å². The number of carbonyl (C=O) groups excluding carboxylic acids is 1. The van der Waals surface area contributed by atoms with E-state index in [4.69, 9.17) is 0 Å². The summed E-state index contributed by atoms with van der Waals surface area (Å²) in [6, 6.07) is 11.0. The van der Waals surface area contributed by atoms with Crippen molar-refractivity contribution < 1.29 is 4.79 Å². The van der Waals surface area contributed by atoms with Crippen LogP contribution in [0.5, 0.6) is 0 Å². The van der Waals surface area contributed by atoms with E-state index in [2.05, 4.69) is 25.8 Å². The number of benzene rings is 1. The highest BCUT2D eigenvalue weighted by atomic mass is 16.2. The Morgan fingerprint density at radius 2 is 2.00 bits per heavy atom. The third kappa shape index (κ3) is 2.52. The molecule has 0 atom stereocenters. The molecule has 0 saturated heterocycles. The number of hydrogen-bond donors (Lipinski definition) is 3. The Bertz CT molecular complexity index is 708. The number of urea groups is 1. The van der Waals surface area contributed by atoms with Crippen molar-refractivity contribution in [1.29, 1.82) is 0 Å². The lowest BCUT2D eigenvalue weighted by molar-refractivity contribution is 0.262. The van der Waals surface area contributed by atoms with Crippen molar-refractivity contribution in [3.05, 3.63) is 48.8 Å². The fourth-order valence-electron chi connectivity index (χ4n) is 1.73. The van der Waals surface area contributed by atoms with Gasteiger partial charge in [-0.1, -0.05) is 18.2 Å². The van der Waals surface area contributed by atoms with E-state index in [9.17, 15) is 4.79 Å². The van der Waals surface area contributed by atoms with Crippen LogP contribution >= 0.6 is 0 Å². The minimum absolute atomic E-state index is 0.357. The average molecular weight is 253 g/mol. The van der Waals surface area contributed by atoms with Crippen LogP contribution in [-0.4, -0.2) is 21.2 Å². The minimum Gasteiger partial charge on any atom is -0.305 e. The molecule has 0 aliphatic carbocycles. The molecule has 0 fully saturated rings. The summed E-state index contributed by atoms with van der Waals surface area (Å²) in [5.41, 5.74) is 1.43. The molecule has 2 aromatic heterocycles. The second kappa shape index (κ2) is 4.77. The number of nitrogens with one attached hydrogen (secondary N) is 3. The fourth-order valence-corrected chi connectivity index (χ4v) is 1.73. The maximum absolute atomic E-state index is 11.7. The summed E-state index contributed by atoms with van der Waals surface area (Å²) in [6.45, 7) is 0. The first kappa shape index (κ1) is 11.2. The van der Waals surface area contributed by atoms with Gasteiger partial charge in [-0.05, 0) is 18.2 Å². The van der Waals surface area contributed by atoms with Gasteiger partial charge in [-0.2, -0.15) is 5.10 Å². The molecule has 6 nitrogen and oxygen atoms in total. The molecule has 2 heterocycles. The fraction of sp³-hybridized carbons (Fsp3) is 0. The highest BCUT2D eigenvalue weighted by Crippen LogP contribution is 2.14. The lowest BCUT2D eigenvalue weighted by Crippen LogP contribution is -2.19. The molecule has 0 spiro atoms. The molecule has 0 aliphatic rings. The van der Waals surface area contributed by atoms with E-state index in [-0.39, 0.29) is 6.03 Å². The Morgan fingerprint density at radius 1 is 1.11 bits per heavy atom. The number of aromatic nitrogens is 3. The molecule has 0 unspecified atom stereocenters. The molecule has 0 aliphatic heterocycles. The number of nitrogens with zero attached hydrogens (tertiary/aromatic N) is 2. The molecule has 0 bridgehead atoms. The monoisotopic (exact) mass is 253 g/mol. The van der Waals surface area contributed by atoms with Crippen LogP contribution in [0.15, 0.2) is 48.8 Å². The number of para-hydroxylation sites is 1. The number of hydrogen-bond acceptors (Lipinski definition) is 3. The van der Waals surface area contributed by atoms with Gasteiger partial charge in [0, 0.05) is 11.6 Å². The SMILES string of the molecule is O=C(Nc1cn[nH]c1)Nc1ccc2ccccc2n1. The van der Waals surface area contributed by atoms with Gasteiger partial charge in [-0.25, -0.2) is 9.78 Å². The summed E-state index contributed by atoms with van der Waals surface area (Å²) in [4.78, 5) is 16.1. The summed E-state index contributed by atoms with van der Waals surface area (Å²) >= 11 is 0. The third-order valence-electron chi connectivity index (χ3n) is 2.60. The highest BCUT2D eigenvalue weighted by Gasteiger charge is 2.04. The van der Waals surface area contributed by atoms with Crippen LogP contribution in [0.4, 0.5) is 16.3 Å². The normalized spacial score (nSPS) is 10.3. The maximum Gasteiger partial charge on any atom is 0.324 e. The standard InChI is InChI=1S/C13H11N5O/c19-13(16-10-7-14-15-8-10)18-12-6-5-9-3-1-2-4-11(9)17-12/h1-8H,(H,14,15)(H2,16,17,18,19). The van der Waals surface area contributed by atoms with Crippen LogP contribution in [0.1, 0.15) is 0 Å². The second-order valence-corrected chi connectivity index (χ2v) is 3.96. The zero-order valence-electron chi connectivity index (χ0n) is 9.92. The molecular weight excluding hydrogens is 242 g/mol. The Balaban J connectivity index is 1.75. The minimum atomic E-state index is -0.357. The summed E-state index contributed by atoms with van der Waals surface area (Å²) in [6.07, 6.45) is 3.11. The number of H-pyrrole nitrogens is 1. The van der Waals surface area contributed by atoms with Gasteiger partial charge < -0.3 is 5.32 Å². The largest absolute Gasteiger partial charge is 0.324 e. The molecule has 19 heavy (non-hydrogen) atoms. The number of pyridine rings is 1. The van der Waals surface area contributed by atoms with Crippen LogP contribution in [-0.2, 0) is 0 Å². The predicted octanol–water partition coefficient (Wildman–Crippen LogP) is 2.60. The van der Waals surface area contributed by atoms with Gasteiger partial charge in [0.15, 0.2) is 0 Å². The van der Waals surface area contributed by atoms with Gasteiger partial charge in [-0.15, -0.1) is 0 Å². The second-order valence-electron chi connectivity index (χ2n) is 3.96. The van der Waals surface area contributed by atoms with Crippen molar-refractivity contribution in [3.63, 3.8) is 0 Å². The molecular formula is C13H11N5O. The third-order valence-corrected chi connectivity index (χ3v) is 2.60. The molecule has 6 heteroatoms. The molecule has 94 valence electrons. The van der Waals surface area contributed by atoms with Gasteiger partial charge in [0.1, 0.15) is 5.82 Å². The van der Waals surface area contributed by atoms with Crippen LogP contribution in [0.3, 0.4) is 0 Å². The maximum atomic E-state index is 11.7. The Kier molecular flexibility index (Phi) is 2.82. The van der Waals surface area contributed by atoms with Gasteiger partial charge in [0.25, 0.3) is 0 Å². The summed E-state index contributed by atoms with van der Waals surface area (Å²) in [7, 11) is 0. The summed E-state index contributed by atoms with van der Waals surface area (Å²) in [5.74, 6) is 0.500. The first-order chi connectivity index (χ1) is 9.31. The highest BCUT2D eigenvalue weighted by molar-refractivity contribution is 5.99. The van der Waals surface area contributed by atoms with Gasteiger partial charge in [0.05, 0.1) is 17.4 Å². The number of aromatic amines is 1. The number of rotatable bonds is 2. The Morgan fingerprint density at radius 3 is 2.84 bits per heavy atom. The van der Waals surface area contributed by atoms with E-state index < -0.39 is 0 Å². The van der Waals surface area contributed by atoms with E-state index in [0.717, 1.165) is 10.9 Å². The van der Waals surface area contributed by atoms with E-state index in [1.807, 2.05) is 30.3 Å². The quantitative estimate of drug-likeness (QED) is 0.656. The molecule has 3 rings (SSSR count). The number of fused-ring (bicyclic) bond motifs is 1. The molecule has 0 radical (unpaired) electrons. The lowest BCUT2D eigenvalue weighted by atomic mass is 10.2. The Hall–Kier alpha value is -2.89. The van der Waals surface area contributed by atoms with Crippen molar-refractivity contribution in [1.82, 2.24) is 15.2 Å². The topological polar surface area (TPSA) is 82.7 Å². The molecule has 0 saturated carbocycles. The van der Waals surface area contributed by atoms with Gasteiger partial charge in [0.2, 0.25) is 0 Å². The smallest absolute Gasteiger partial charge is 0.305 e. The molecule has 3 aromatic rings. The van der Waals surface area contributed by atoms with E-state index in [1.54, 1.807) is 12.3 Å². The molecule has 3 N–H and O–H groups in total. The molecule has 2 amide bonds. The van der Waals surface area contributed by atoms with Crippen molar-refractivity contribution >= 4 is 28.4 Å². The van der Waals surface area contributed by atoms with Crippen LogP contribution in [0.2, 0.25) is 0 Å². The number of carbonyl (C=O) groups is 1. The van der Waals surface area contributed by atoms with E-state index in [0.29, 0.717) is 11.5 Å². The number of anilines is 2. The predicted molar refractivity (Wildman–Crippen MR) is 73.0 cm³/mol. The van der Waals surface area contributed by atoms with Gasteiger partial charge >= 0.3 is 6.03 Å². The van der Waals surface area contributed by atoms with Crippen molar-refractivity contribution in [2.24, 2.45) is 0 Å². The van der Waals surface area contributed by atoms with Crippen LogP contribution < -0.4 is 10.6 Å². The molecule has 1 aromatic carbocycles. The Labute approximate surface area is 108 Å². The van der Waals surface area contributed by atoms with E-state index >= 15 is 0 Å². The van der Waals surface area contributed by atoms with Crippen LogP contribution in [0.25, 0.3) is 10.9 Å². The van der Waals surface area contributed by atoms with Crippen molar-refractivity contribution in [2.45, 2.75) is 0 Å². The zero-order chi connectivity index (χ0) is 13.1. The number of amides is 2. The zero-order valence-corrected chi connectivity index (χ0v) is 9.92. The van der Waals surface area contributed by atoms with Crippen molar-refractivity contribution in [2.75, 3.05) is 10.6 Å².